The summed E-state index contributed by atoms with van der Waals surface area (Å²) >= 11 is 0. The lowest BCUT2D eigenvalue weighted by Crippen LogP contribution is -2.46. The van der Waals surface area contributed by atoms with E-state index in [1.165, 1.54) is 6.92 Å². The Kier molecular flexibility index (Phi) is 12.1. The van der Waals surface area contributed by atoms with Crippen LogP contribution in [-0.2, 0) is 14.4 Å². The normalized spacial score (nSPS) is 19.9. The third kappa shape index (κ3) is 8.25. The Morgan fingerprint density at radius 1 is 1.05 bits per heavy atom. The van der Waals surface area contributed by atoms with Crippen molar-refractivity contribution in [2.45, 2.75) is 58.4 Å². The number of fused-ring (bicyclic) bond motifs is 1. The summed E-state index contributed by atoms with van der Waals surface area (Å²) in [5.41, 5.74) is 0.770. The zero-order valence-electron chi connectivity index (χ0n) is 25.6. The van der Waals surface area contributed by atoms with Crippen LogP contribution in [0.4, 0.5) is 0 Å². The van der Waals surface area contributed by atoms with Crippen LogP contribution in [0.3, 0.4) is 0 Å². The van der Waals surface area contributed by atoms with E-state index in [1.54, 1.807) is 12.0 Å². The molecule has 11 heteroatoms. The molecule has 2 amide bonds. The molecule has 41 heavy (non-hydrogen) atoms. The van der Waals surface area contributed by atoms with E-state index in [0.29, 0.717) is 56.4 Å². The quantitative estimate of drug-likeness (QED) is 0.317. The summed E-state index contributed by atoms with van der Waals surface area (Å²) in [5.74, 6) is -0.631. The van der Waals surface area contributed by atoms with Crippen molar-refractivity contribution in [1.82, 2.24) is 19.6 Å². The number of likely N-dealkylation sites (tertiary alicyclic amines) is 1. The van der Waals surface area contributed by atoms with Crippen molar-refractivity contribution < 1.29 is 33.7 Å². The summed E-state index contributed by atoms with van der Waals surface area (Å²) in [5, 5.41) is 10.5. The molecule has 2 aliphatic rings. The Morgan fingerprint density at radius 2 is 1.78 bits per heavy atom. The largest absolute Gasteiger partial charge is 0.493 e. The minimum Gasteiger partial charge on any atom is -0.493 e. The van der Waals surface area contributed by atoms with Gasteiger partial charge in [0.05, 0.1) is 19.6 Å². The molecule has 0 bridgehead atoms. The number of carbonyl (C=O) groups is 3. The molecule has 0 aromatic heterocycles. The Hall–Kier alpha value is -3.05. The number of aliphatic carboxylic acids is 1. The molecule has 1 aromatic carbocycles. The minimum absolute atomic E-state index is 0.00850. The first-order valence-electron chi connectivity index (χ1n) is 14.7. The third-order valence-electron chi connectivity index (χ3n) is 8.17. The number of amides is 2. The second-order valence-corrected chi connectivity index (χ2v) is 11.2. The molecule has 1 aromatic rings. The Morgan fingerprint density at radius 3 is 2.39 bits per heavy atom. The maximum Gasteiger partial charge on any atom is 0.308 e. The first-order chi connectivity index (χ1) is 19.6. The number of hydrogen-bond acceptors (Lipinski definition) is 8. The van der Waals surface area contributed by atoms with Crippen molar-refractivity contribution in [2.24, 2.45) is 5.92 Å². The molecule has 0 spiro atoms. The van der Waals surface area contributed by atoms with E-state index in [-0.39, 0.29) is 25.2 Å². The Labute approximate surface area is 244 Å². The molecule has 2 aliphatic heterocycles. The van der Waals surface area contributed by atoms with Gasteiger partial charge in [-0.1, -0.05) is 13.3 Å². The van der Waals surface area contributed by atoms with Gasteiger partial charge < -0.3 is 34.0 Å². The second-order valence-electron chi connectivity index (χ2n) is 11.2. The fourth-order valence-corrected chi connectivity index (χ4v) is 5.94. The van der Waals surface area contributed by atoms with Crippen LogP contribution in [0.2, 0.25) is 0 Å². The number of carboxylic acid groups (broad SMARTS) is 1. The van der Waals surface area contributed by atoms with Crippen LogP contribution in [0.15, 0.2) is 12.1 Å². The predicted molar refractivity (Wildman–Crippen MR) is 156 cm³/mol. The highest BCUT2D eigenvalue weighted by molar-refractivity contribution is 5.79. The van der Waals surface area contributed by atoms with E-state index < -0.39 is 23.8 Å². The number of hydrogen-bond donors (Lipinski definition) is 1. The monoisotopic (exact) mass is 576 g/mol. The molecule has 0 radical (unpaired) electrons. The van der Waals surface area contributed by atoms with E-state index in [4.69, 9.17) is 14.2 Å². The van der Waals surface area contributed by atoms with Gasteiger partial charge in [-0.15, -0.1) is 0 Å². The van der Waals surface area contributed by atoms with Crippen LogP contribution in [0, 0.1) is 5.92 Å². The predicted octanol–water partition coefficient (Wildman–Crippen LogP) is 2.73. The number of methoxy groups -OCH3 is 1. The molecule has 2 heterocycles. The molecular formula is C30H48N4O7. The van der Waals surface area contributed by atoms with Gasteiger partial charge in [0.15, 0.2) is 11.5 Å². The molecule has 0 saturated carbocycles. The SMILES string of the molecule is CCCCN(CCCN(C)C)C(=O)CN1CC(c2cc(OC)c3c(c2)OCO3)C(C(=O)O)C1CCN(CC)C(C)=O. The summed E-state index contributed by atoms with van der Waals surface area (Å²) in [6.45, 7) is 9.32. The van der Waals surface area contributed by atoms with E-state index >= 15 is 0 Å². The molecule has 1 saturated heterocycles. The molecule has 3 rings (SSSR count). The van der Waals surface area contributed by atoms with E-state index in [9.17, 15) is 19.5 Å². The summed E-state index contributed by atoms with van der Waals surface area (Å²) in [6.07, 6.45) is 3.22. The van der Waals surface area contributed by atoms with Gasteiger partial charge in [-0.25, -0.2) is 0 Å². The van der Waals surface area contributed by atoms with Crippen molar-refractivity contribution in [3.05, 3.63) is 17.7 Å². The summed E-state index contributed by atoms with van der Waals surface area (Å²) in [7, 11) is 5.58. The highest BCUT2D eigenvalue weighted by Crippen LogP contribution is 2.47. The van der Waals surface area contributed by atoms with E-state index in [0.717, 1.165) is 31.4 Å². The molecular weight excluding hydrogens is 528 g/mol. The van der Waals surface area contributed by atoms with Gasteiger partial charge in [0.2, 0.25) is 24.4 Å². The van der Waals surface area contributed by atoms with Crippen LogP contribution in [0.25, 0.3) is 0 Å². The van der Waals surface area contributed by atoms with Crippen LogP contribution in [-0.4, -0.2) is 122 Å². The Balaban J connectivity index is 1.92. The van der Waals surface area contributed by atoms with Crippen LogP contribution in [0.1, 0.15) is 57.9 Å². The number of rotatable bonds is 16. The lowest BCUT2D eigenvalue weighted by atomic mass is 9.84. The minimum atomic E-state index is -0.925. The fraction of sp³-hybridized carbons (Fsp3) is 0.700. The highest BCUT2D eigenvalue weighted by Gasteiger charge is 2.47. The summed E-state index contributed by atoms with van der Waals surface area (Å²) in [4.78, 5) is 46.5. The van der Waals surface area contributed by atoms with Crippen molar-refractivity contribution in [1.29, 1.82) is 0 Å². The van der Waals surface area contributed by atoms with Gasteiger partial charge in [0, 0.05) is 51.6 Å². The number of ether oxygens (including phenoxy) is 3. The molecule has 1 N–H and O–H groups in total. The molecule has 3 unspecified atom stereocenters. The van der Waals surface area contributed by atoms with Gasteiger partial charge in [-0.2, -0.15) is 0 Å². The summed E-state index contributed by atoms with van der Waals surface area (Å²) < 4.78 is 16.7. The van der Waals surface area contributed by atoms with Crippen LogP contribution < -0.4 is 14.2 Å². The standard InChI is InChI=1S/C30H48N4O7/c1-7-9-13-33(14-10-12-31(4)5)27(36)19-34-18-23(22-16-25(39-6)29-26(17-22)40-20-41-29)28(30(37)38)24(34)11-15-32(8-2)21(3)35/h16-17,23-24,28H,7-15,18-20H2,1-6H3,(H,37,38). The van der Waals surface area contributed by atoms with Crippen molar-refractivity contribution in [3.8, 4) is 17.2 Å². The lowest BCUT2D eigenvalue weighted by Gasteiger charge is -2.31. The van der Waals surface area contributed by atoms with Crippen molar-refractivity contribution in [3.63, 3.8) is 0 Å². The first-order valence-corrected chi connectivity index (χ1v) is 14.7. The lowest BCUT2D eigenvalue weighted by molar-refractivity contribution is -0.144. The van der Waals surface area contributed by atoms with Crippen LogP contribution >= 0.6 is 0 Å². The zero-order valence-corrected chi connectivity index (χ0v) is 25.6. The van der Waals surface area contributed by atoms with Crippen molar-refractivity contribution >= 4 is 17.8 Å². The van der Waals surface area contributed by atoms with Gasteiger partial charge in [-0.3, -0.25) is 19.3 Å². The number of nitrogens with zero attached hydrogens (tertiary/aromatic N) is 4. The van der Waals surface area contributed by atoms with Gasteiger partial charge in [0.25, 0.3) is 0 Å². The fourth-order valence-electron chi connectivity index (χ4n) is 5.94. The maximum atomic E-state index is 13.7. The van der Waals surface area contributed by atoms with Crippen molar-refractivity contribution in [2.75, 3.05) is 73.8 Å². The van der Waals surface area contributed by atoms with E-state index in [2.05, 4.69) is 11.8 Å². The number of unbranched alkanes of at least 4 members (excludes halogenated alkanes) is 1. The maximum absolute atomic E-state index is 13.7. The van der Waals surface area contributed by atoms with Crippen LogP contribution in [0.5, 0.6) is 17.2 Å². The molecule has 230 valence electrons. The van der Waals surface area contributed by atoms with E-state index in [1.807, 2.05) is 43.0 Å². The smallest absolute Gasteiger partial charge is 0.308 e. The Bertz CT molecular complexity index is 1050. The highest BCUT2D eigenvalue weighted by atomic mass is 16.7. The topological polar surface area (TPSA) is 112 Å². The molecule has 0 aliphatic carbocycles. The average Bonchev–Trinajstić information content (AvgIpc) is 3.54. The second kappa shape index (κ2) is 15.3. The first kappa shape index (κ1) is 32.5. The number of benzene rings is 1. The molecule has 1 fully saturated rings. The average molecular weight is 577 g/mol. The van der Waals surface area contributed by atoms with Gasteiger partial charge in [0.1, 0.15) is 0 Å². The number of carbonyl (C=O) groups excluding carboxylic acids is 2. The zero-order chi connectivity index (χ0) is 30.1. The third-order valence-corrected chi connectivity index (χ3v) is 8.17. The summed E-state index contributed by atoms with van der Waals surface area (Å²) in [6, 6.07) is 3.22. The molecule has 11 nitrogen and oxygen atoms in total. The van der Waals surface area contributed by atoms with Gasteiger partial charge in [-0.05, 0) is 64.5 Å². The molecule has 3 atom stereocenters. The van der Waals surface area contributed by atoms with Gasteiger partial charge >= 0.3 is 5.97 Å². The number of carboxylic acids is 1.